The summed E-state index contributed by atoms with van der Waals surface area (Å²) >= 11 is 0. The number of rotatable bonds is 9. The van der Waals surface area contributed by atoms with Gasteiger partial charge in [-0.25, -0.2) is 4.68 Å². The van der Waals surface area contributed by atoms with Gasteiger partial charge in [-0.15, -0.1) is 5.10 Å². The molecule has 2 heterocycles. The summed E-state index contributed by atoms with van der Waals surface area (Å²) in [5.41, 5.74) is 2.85. The lowest BCUT2D eigenvalue weighted by atomic mass is 9.71. The molecule has 2 aliphatic rings. The maximum absolute atomic E-state index is 13.2. The largest absolute Gasteiger partial charge is 0.355 e. The first-order valence-corrected chi connectivity index (χ1v) is 12.5. The smallest absolute Gasteiger partial charge is 0.254 e. The van der Waals surface area contributed by atoms with Crippen LogP contribution in [0.5, 0.6) is 0 Å². The Morgan fingerprint density at radius 1 is 1.03 bits per heavy atom. The van der Waals surface area contributed by atoms with Gasteiger partial charge in [0.05, 0.1) is 6.54 Å². The van der Waals surface area contributed by atoms with Crippen LogP contribution in [0.25, 0.3) is 0 Å². The summed E-state index contributed by atoms with van der Waals surface area (Å²) in [4.78, 5) is 28.1. The van der Waals surface area contributed by atoms with E-state index >= 15 is 0 Å². The van der Waals surface area contributed by atoms with Crippen molar-refractivity contribution in [2.75, 3.05) is 13.1 Å². The Kier molecular flexibility index (Phi) is 6.88. The van der Waals surface area contributed by atoms with Gasteiger partial charge in [0.15, 0.2) is 0 Å². The van der Waals surface area contributed by atoms with Crippen LogP contribution in [-0.4, -0.2) is 50.0 Å². The molecule has 8 heteroatoms. The van der Waals surface area contributed by atoms with E-state index in [2.05, 4.69) is 33.0 Å². The van der Waals surface area contributed by atoms with Gasteiger partial charge in [-0.3, -0.25) is 9.59 Å². The van der Waals surface area contributed by atoms with Gasteiger partial charge in [0, 0.05) is 37.5 Å². The molecule has 0 spiro atoms. The van der Waals surface area contributed by atoms with E-state index in [0.717, 1.165) is 42.4 Å². The zero-order chi connectivity index (χ0) is 24.1. The van der Waals surface area contributed by atoms with Gasteiger partial charge < -0.3 is 10.2 Å². The third-order valence-electron chi connectivity index (χ3n) is 7.49. The van der Waals surface area contributed by atoms with E-state index in [1.165, 1.54) is 6.42 Å². The van der Waals surface area contributed by atoms with Gasteiger partial charge in [-0.1, -0.05) is 67.8 Å². The molecule has 5 rings (SSSR count). The Balaban J connectivity index is 1.26. The van der Waals surface area contributed by atoms with E-state index < -0.39 is 0 Å². The second-order valence-corrected chi connectivity index (χ2v) is 10.00. The number of hydrogen-bond donors (Lipinski definition) is 1. The minimum Gasteiger partial charge on any atom is -0.355 e. The molecule has 1 aromatic heterocycles. The van der Waals surface area contributed by atoms with Crippen molar-refractivity contribution >= 4 is 11.8 Å². The number of fused-ring (bicyclic) bond motifs is 1. The molecule has 2 aromatic carbocycles. The maximum Gasteiger partial charge on any atom is 0.254 e. The SMILES string of the molecule is O=C(CC1(Cn2cnnn2)CCCCC1)NC[C@@H](CN1Cc2ccccc2C1=O)c1ccccc1. The normalized spacial score (nSPS) is 17.7. The van der Waals surface area contributed by atoms with Crippen molar-refractivity contribution in [3.63, 3.8) is 0 Å². The summed E-state index contributed by atoms with van der Waals surface area (Å²) < 4.78 is 1.75. The van der Waals surface area contributed by atoms with Crippen molar-refractivity contribution in [1.82, 2.24) is 30.4 Å². The van der Waals surface area contributed by atoms with Crippen LogP contribution in [0.15, 0.2) is 60.9 Å². The Morgan fingerprint density at radius 3 is 2.54 bits per heavy atom. The van der Waals surface area contributed by atoms with E-state index in [1.807, 2.05) is 47.4 Å². The minimum absolute atomic E-state index is 0.0141. The quantitative estimate of drug-likeness (QED) is 0.514. The molecule has 35 heavy (non-hydrogen) atoms. The molecule has 0 saturated heterocycles. The van der Waals surface area contributed by atoms with Crippen molar-refractivity contribution < 1.29 is 9.59 Å². The first-order valence-electron chi connectivity index (χ1n) is 12.5. The first-order chi connectivity index (χ1) is 17.1. The number of benzene rings is 2. The third kappa shape index (κ3) is 5.42. The Morgan fingerprint density at radius 2 is 1.80 bits per heavy atom. The summed E-state index contributed by atoms with van der Waals surface area (Å²) in [7, 11) is 0. The molecule has 1 atom stereocenters. The topological polar surface area (TPSA) is 93.0 Å². The molecule has 3 aromatic rings. The first kappa shape index (κ1) is 23.2. The van der Waals surface area contributed by atoms with Crippen LogP contribution in [0.2, 0.25) is 0 Å². The Hall–Kier alpha value is -3.55. The summed E-state index contributed by atoms with van der Waals surface area (Å²) in [5.74, 6) is 0.132. The van der Waals surface area contributed by atoms with Crippen LogP contribution in [0, 0.1) is 5.41 Å². The van der Waals surface area contributed by atoms with E-state index in [-0.39, 0.29) is 23.1 Å². The van der Waals surface area contributed by atoms with Crippen molar-refractivity contribution in [3.8, 4) is 0 Å². The monoisotopic (exact) mass is 472 g/mol. The predicted molar refractivity (Wildman–Crippen MR) is 131 cm³/mol. The number of hydrogen-bond acceptors (Lipinski definition) is 5. The van der Waals surface area contributed by atoms with Crippen molar-refractivity contribution in [2.24, 2.45) is 5.41 Å². The number of nitrogens with zero attached hydrogens (tertiary/aromatic N) is 5. The maximum atomic E-state index is 13.2. The fourth-order valence-corrected chi connectivity index (χ4v) is 5.67. The van der Waals surface area contributed by atoms with Crippen LogP contribution in [-0.2, 0) is 17.9 Å². The summed E-state index contributed by atoms with van der Waals surface area (Å²) in [5, 5.41) is 14.8. The lowest BCUT2D eigenvalue weighted by Gasteiger charge is -2.36. The van der Waals surface area contributed by atoms with E-state index in [1.54, 1.807) is 11.0 Å². The third-order valence-corrected chi connectivity index (χ3v) is 7.49. The molecule has 0 unspecified atom stereocenters. The van der Waals surface area contributed by atoms with Crippen LogP contribution in [0.3, 0.4) is 0 Å². The second kappa shape index (κ2) is 10.4. The van der Waals surface area contributed by atoms with Gasteiger partial charge >= 0.3 is 0 Å². The summed E-state index contributed by atoms with van der Waals surface area (Å²) in [6, 6.07) is 17.9. The molecule has 1 aliphatic heterocycles. The van der Waals surface area contributed by atoms with E-state index in [0.29, 0.717) is 32.6 Å². The van der Waals surface area contributed by atoms with Crippen molar-refractivity contribution in [3.05, 3.63) is 77.6 Å². The van der Waals surface area contributed by atoms with Crippen LogP contribution >= 0.6 is 0 Å². The molecule has 0 bridgehead atoms. The molecular formula is C27H32N6O2. The van der Waals surface area contributed by atoms with E-state index in [9.17, 15) is 9.59 Å². The number of amides is 2. The lowest BCUT2D eigenvalue weighted by molar-refractivity contribution is -0.124. The molecule has 2 amide bonds. The highest BCUT2D eigenvalue weighted by Crippen LogP contribution is 2.40. The highest BCUT2D eigenvalue weighted by Gasteiger charge is 2.36. The second-order valence-electron chi connectivity index (χ2n) is 10.00. The molecule has 1 saturated carbocycles. The minimum atomic E-state index is -0.119. The number of carbonyl (C=O) groups excluding carboxylic acids is 2. The Bertz CT molecular complexity index is 1140. The van der Waals surface area contributed by atoms with Crippen molar-refractivity contribution in [1.29, 1.82) is 0 Å². The highest BCUT2D eigenvalue weighted by molar-refractivity contribution is 5.98. The number of aromatic nitrogens is 4. The standard InChI is InChI=1S/C27H32N6O2/c34-25(15-27(13-7-2-8-14-27)19-33-20-29-30-31-33)28-16-23(21-9-3-1-4-10-21)18-32-17-22-11-5-6-12-24(22)26(32)35/h1,3-6,9-12,20,23H,2,7-8,13-19H2,(H,28,34)/t23-/m0/s1. The molecule has 8 nitrogen and oxygen atoms in total. The molecule has 182 valence electrons. The molecule has 1 aliphatic carbocycles. The van der Waals surface area contributed by atoms with Crippen LogP contribution in [0.1, 0.15) is 65.9 Å². The number of tetrazole rings is 1. The van der Waals surface area contributed by atoms with Crippen LogP contribution < -0.4 is 5.32 Å². The number of carbonyl (C=O) groups is 2. The average Bonchev–Trinajstić information content (AvgIpc) is 3.50. The number of nitrogens with one attached hydrogen (secondary N) is 1. The fourth-order valence-electron chi connectivity index (χ4n) is 5.67. The molecule has 0 radical (unpaired) electrons. The molecule has 1 N–H and O–H groups in total. The van der Waals surface area contributed by atoms with Gasteiger partial charge in [0.2, 0.25) is 5.91 Å². The zero-order valence-electron chi connectivity index (χ0n) is 20.0. The highest BCUT2D eigenvalue weighted by atomic mass is 16.2. The van der Waals surface area contributed by atoms with Crippen LogP contribution in [0.4, 0.5) is 0 Å². The van der Waals surface area contributed by atoms with Gasteiger partial charge in [0.25, 0.3) is 5.91 Å². The molecular weight excluding hydrogens is 440 g/mol. The van der Waals surface area contributed by atoms with Crippen molar-refractivity contribution in [2.45, 2.75) is 57.5 Å². The fraction of sp³-hybridized carbons (Fsp3) is 0.444. The Labute approximate surface area is 205 Å². The van der Waals surface area contributed by atoms with Gasteiger partial charge in [-0.05, 0) is 45.9 Å². The lowest BCUT2D eigenvalue weighted by Crippen LogP contribution is -2.39. The zero-order valence-corrected chi connectivity index (χ0v) is 20.0. The van der Waals surface area contributed by atoms with E-state index in [4.69, 9.17) is 0 Å². The average molecular weight is 473 g/mol. The summed E-state index contributed by atoms with van der Waals surface area (Å²) in [6.07, 6.45) is 7.56. The van der Waals surface area contributed by atoms with Gasteiger partial charge in [0.1, 0.15) is 6.33 Å². The van der Waals surface area contributed by atoms with Gasteiger partial charge in [-0.2, -0.15) is 0 Å². The molecule has 1 fully saturated rings. The predicted octanol–water partition coefficient (Wildman–Crippen LogP) is 3.57. The summed E-state index contributed by atoms with van der Waals surface area (Å²) in [6.45, 7) is 2.33.